The van der Waals surface area contributed by atoms with E-state index in [0.717, 1.165) is 31.0 Å². The van der Waals surface area contributed by atoms with Crippen molar-refractivity contribution < 1.29 is 59.7 Å². The number of aromatic nitrogens is 2. The molecule has 0 radical (unpaired) electrons. The second-order valence-electron chi connectivity index (χ2n) is 16.6. The van der Waals surface area contributed by atoms with E-state index in [-0.39, 0.29) is 43.5 Å². The van der Waals surface area contributed by atoms with Crippen molar-refractivity contribution in [2.75, 3.05) is 39.8 Å². The lowest BCUT2D eigenvalue weighted by atomic mass is 9.88. The molecule has 2 aliphatic rings. The first-order valence-electron chi connectivity index (χ1n) is 20.1. The summed E-state index contributed by atoms with van der Waals surface area (Å²) in [5, 5.41) is 13.0. The largest absolute Gasteiger partial charge is 0.444 e. The fourth-order valence-electron chi connectivity index (χ4n) is 6.53. The highest BCUT2D eigenvalue weighted by atomic mass is 19.4. The fourth-order valence-corrected chi connectivity index (χ4v) is 6.53. The molecule has 61 heavy (non-hydrogen) atoms. The molecule has 0 unspecified atom stereocenters. The zero-order chi connectivity index (χ0) is 46.5. The monoisotopic (exact) mass is 878 g/mol. The summed E-state index contributed by atoms with van der Waals surface area (Å²) in [6, 6.07) is 6.89. The molecule has 0 bridgehead atoms. The van der Waals surface area contributed by atoms with Gasteiger partial charge in [-0.3, -0.25) is 20.7 Å². The number of alkyl halides is 6. The molecule has 1 aromatic heterocycles. The summed E-state index contributed by atoms with van der Waals surface area (Å²) in [4.78, 5) is 39.7. The second kappa shape index (κ2) is 22.6. The Hall–Kier alpha value is -4.49. The normalized spacial score (nSPS) is 15.4. The first kappa shape index (κ1) is 52.6. The molecule has 3 aromatic rings. The van der Waals surface area contributed by atoms with Crippen LogP contribution in [0.15, 0.2) is 36.4 Å². The number of unbranched alkanes of at least 4 members (excludes halogenated alkanes) is 1. The lowest BCUT2D eigenvalue weighted by Crippen LogP contribution is -2.43. The number of nitrogens with two attached hydrogens (primary N) is 1. The summed E-state index contributed by atoms with van der Waals surface area (Å²) in [5.74, 6) is 1.76. The Balaban J connectivity index is 0.000000358. The van der Waals surface area contributed by atoms with Crippen molar-refractivity contribution in [1.82, 2.24) is 25.0 Å². The van der Waals surface area contributed by atoms with Crippen LogP contribution >= 0.6 is 0 Å². The Morgan fingerprint density at radius 3 is 1.66 bits per heavy atom. The van der Waals surface area contributed by atoms with Crippen molar-refractivity contribution in [3.63, 3.8) is 0 Å². The number of hydrogen-bond donors (Lipinski definition) is 3. The van der Waals surface area contributed by atoms with Gasteiger partial charge in [0, 0.05) is 57.1 Å². The molecule has 0 spiro atoms. The van der Waals surface area contributed by atoms with E-state index in [4.69, 9.17) is 14.6 Å². The van der Waals surface area contributed by atoms with Crippen LogP contribution in [0.5, 0.6) is 0 Å². The van der Waals surface area contributed by atoms with Crippen LogP contribution in [-0.4, -0.2) is 93.7 Å². The number of likely N-dealkylation sites (tertiary alicyclic amines) is 2. The van der Waals surface area contributed by atoms with Crippen LogP contribution in [0.3, 0.4) is 0 Å². The average Bonchev–Trinajstić information content (AvgIpc) is 3.50. The lowest BCUT2D eigenvalue weighted by molar-refractivity contribution is -0.140. The Morgan fingerprint density at radius 2 is 1.25 bits per heavy atom. The zero-order valence-corrected chi connectivity index (χ0v) is 36.4. The van der Waals surface area contributed by atoms with Gasteiger partial charge in [0.05, 0.1) is 27.9 Å². The minimum atomic E-state index is -4.86. The molecule has 2 aliphatic heterocycles. The first-order valence-corrected chi connectivity index (χ1v) is 20.1. The third kappa shape index (κ3) is 16.1. The van der Waals surface area contributed by atoms with Crippen molar-refractivity contribution in [3.05, 3.63) is 64.6 Å². The van der Waals surface area contributed by atoms with Gasteiger partial charge in [-0.1, -0.05) is 31.5 Å². The molecule has 5 rings (SSSR count). The minimum Gasteiger partial charge on any atom is -0.444 e. The van der Waals surface area contributed by atoms with Crippen molar-refractivity contribution in [1.29, 1.82) is 0 Å². The predicted octanol–water partition coefficient (Wildman–Crippen LogP) is 9.24. The van der Waals surface area contributed by atoms with Gasteiger partial charge in [-0.25, -0.2) is 14.0 Å². The van der Waals surface area contributed by atoms with E-state index in [1.54, 1.807) is 38.8 Å². The highest BCUT2D eigenvalue weighted by molar-refractivity contribution is 5.98. The Kier molecular flexibility index (Phi) is 19.5. The van der Waals surface area contributed by atoms with Crippen molar-refractivity contribution in [2.24, 2.45) is 18.8 Å². The summed E-state index contributed by atoms with van der Waals surface area (Å²) in [7, 11) is 3.19. The van der Waals surface area contributed by atoms with Crippen LogP contribution in [0.25, 0.3) is 10.9 Å². The van der Waals surface area contributed by atoms with Gasteiger partial charge in [0.25, 0.3) is 0 Å². The highest BCUT2D eigenvalue weighted by Gasteiger charge is 2.38. The van der Waals surface area contributed by atoms with Gasteiger partial charge in [-0.05, 0) is 98.9 Å². The number of carbonyl (C=O) groups excluding carboxylic acids is 3. The van der Waals surface area contributed by atoms with E-state index in [9.17, 15) is 45.1 Å². The van der Waals surface area contributed by atoms with E-state index in [2.05, 4.69) is 23.3 Å². The van der Waals surface area contributed by atoms with Gasteiger partial charge >= 0.3 is 24.5 Å². The van der Waals surface area contributed by atoms with Gasteiger partial charge in [0.15, 0.2) is 5.78 Å². The Morgan fingerprint density at radius 1 is 0.803 bits per heavy atom. The summed E-state index contributed by atoms with van der Waals surface area (Å²) in [5.41, 5.74) is -0.862. The summed E-state index contributed by atoms with van der Waals surface area (Å²) >= 11 is 0. The number of benzene rings is 2. The second-order valence-corrected chi connectivity index (χ2v) is 16.6. The smallest absolute Gasteiger partial charge is 0.419 e. The van der Waals surface area contributed by atoms with Gasteiger partial charge < -0.3 is 24.4 Å². The number of aliphatic hydroxyl groups excluding tert-OH is 1. The van der Waals surface area contributed by atoms with Crippen LogP contribution in [0.4, 0.5) is 40.3 Å². The molecule has 4 N–H and O–H groups in total. The number of nitrogens with one attached hydrogen (secondary N) is 1. The molecule has 2 amide bonds. The number of fused-ring (bicyclic) bond motifs is 1. The summed E-state index contributed by atoms with van der Waals surface area (Å²) in [6.45, 7) is 14.5. The summed E-state index contributed by atoms with van der Waals surface area (Å²) < 4.78 is 104. The van der Waals surface area contributed by atoms with Crippen molar-refractivity contribution in [3.8, 4) is 0 Å². The quantitative estimate of drug-likeness (QED) is 0.0986. The molecular weight excluding hydrogens is 817 g/mol. The highest BCUT2D eigenvalue weighted by Crippen LogP contribution is 2.39. The Bertz CT molecular complexity index is 1870. The van der Waals surface area contributed by atoms with E-state index in [1.165, 1.54) is 22.7 Å². The van der Waals surface area contributed by atoms with Crippen LogP contribution in [-0.2, 0) is 28.9 Å². The number of carbonyl (C=O) groups is 3. The number of para-hydroxylation sites is 1. The number of halogens is 7. The minimum absolute atomic E-state index is 0.0101. The molecule has 3 heterocycles. The third-order valence-corrected chi connectivity index (χ3v) is 9.33. The third-order valence-electron chi connectivity index (χ3n) is 9.33. The number of rotatable bonds is 5. The van der Waals surface area contributed by atoms with Crippen molar-refractivity contribution >= 4 is 28.9 Å². The number of hydrazine groups is 1. The molecule has 0 atom stereocenters. The average molecular weight is 879 g/mol. The SMILES string of the molecule is CC(C)(C)OC(=O)N1CCC(C(=O)c2cccc(C(F)(F)F)c2F)CC1.CCCCO.CNN.Cn1nc(C2CCN(C(=O)OC(C)(C)C)CC2)c2cccc(C(F)(F)F)c21. The molecule has 12 nitrogen and oxygen atoms in total. The van der Waals surface area contributed by atoms with Crippen LogP contribution in [0, 0.1) is 11.7 Å². The first-order chi connectivity index (χ1) is 28.2. The van der Waals surface area contributed by atoms with Crippen LogP contribution in [0.2, 0.25) is 0 Å². The number of nitrogens with zero attached hydrogens (tertiary/aromatic N) is 4. The number of aryl methyl sites for hydroxylation is 1. The van der Waals surface area contributed by atoms with Crippen LogP contribution in [0.1, 0.15) is 120 Å². The maximum absolute atomic E-state index is 14.1. The number of ketones is 1. The predicted molar refractivity (Wildman–Crippen MR) is 217 cm³/mol. The number of aliphatic hydroxyl groups is 1. The van der Waals surface area contributed by atoms with Crippen LogP contribution < -0.4 is 11.3 Å². The number of amides is 2. The molecule has 19 heteroatoms. The topological polar surface area (TPSA) is 152 Å². The fraction of sp³-hybridized carbons (Fsp3) is 0.619. The van der Waals surface area contributed by atoms with E-state index in [1.807, 2.05) is 20.8 Å². The van der Waals surface area contributed by atoms with E-state index in [0.29, 0.717) is 49.7 Å². The Labute approximate surface area is 352 Å². The van der Waals surface area contributed by atoms with Gasteiger partial charge in [-0.15, -0.1) is 0 Å². The van der Waals surface area contributed by atoms with Gasteiger partial charge in [0.1, 0.15) is 17.0 Å². The standard InChI is InChI=1S/C19H24F3N3O2.C18H21F4NO3.C4H10O.CH6N2/c1-18(2,3)27-17(26)25-10-8-12(9-11-25)15-13-6-5-7-14(19(20,21)22)16(13)24(4)23-15;1-17(2,3)26-16(25)23-9-7-11(8-10-23)15(24)12-5-4-6-13(14(12)19)18(20,21)22;1-2-3-4-5;1-3-2/h5-7,12H,8-11H2,1-4H3;4-6,11H,7-10H2,1-3H3;5H,2-4H2,1H3;3H,2H2,1H3. The maximum atomic E-state index is 14.1. The molecule has 2 aromatic carbocycles. The lowest BCUT2D eigenvalue weighted by Gasteiger charge is -2.33. The van der Waals surface area contributed by atoms with E-state index < -0.39 is 63.9 Å². The molecular formula is C42H61F7N6O6. The number of ether oxygens (including phenoxy) is 2. The van der Waals surface area contributed by atoms with E-state index >= 15 is 0 Å². The van der Waals surface area contributed by atoms with Gasteiger partial charge in [-0.2, -0.15) is 31.4 Å². The molecule has 344 valence electrons. The van der Waals surface area contributed by atoms with Crippen molar-refractivity contribution in [2.45, 2.75) is 116 Å². The number of Topliss-reactive ketones (excluding diaryl/α,β-unsaturated/α-hetero) is 1. The molecule has 0 saturated carbocycles. The number of hydrogen-bond acceptors (Lipinski definition) is 9. The number of piperidine rings is 2. The molecule has 2 fully saturated rings. The zero-order valence-electron chi connectivity index (χ0n) is 36.4. The van der Waals surface area contributed by atoms with Gasteiger partial charge in [0.2, 0.25) is 0 Å². The summed E-state index contributed by atoms with van der Waals surface area (Å²) in [6.07, 6.45) is -6.34. The maximum Gasteiger partial charge on any atom is 0.419 e. The molecule has 0 aliphatic carbocycles. The molecule has 2 saturated heterocycles.